The number of aliphatic imine (C=N–C) groups is 1. The van der Waals surface area contributed by atoms with E-state index in [1.54, 1.807) is 0 Å². The molecular formula is C7H10N2O. The summed E-state index contributed by atoms with van der Waals surface area (Å²) >= 11 is 0. The molecule has 0 atom stereocenters. The summed E-state index contributed by atoms with van der Waals surface area (Å²) in [6.45, 7) is 4.57. The third kappa shape index (κ3) is 1.47. The Morgan fingerprint density at radius 3 is 2.90 bits per heavy atom. The smallest absolute Gasteiger partial charge is 0.198 e. The Labute approximate surface area is 60.3 Å². The van der Waals surface area contributed by atoms with E-state index in [4.69, 9.17) is 10.00 Å². The highest BCUT2D eigenvalue weighted by Crippen LogP contribution is 2.17. The third-order valence-electron chi connectivity index (χ3n) is 1.25. The Bertz CT molecular complexity index is 200. The molecule has 0 fully saturated rings. The van der Waals surface area contributed by atoms with Gasteiger partial charge in [0.15, 0.2) is 5.90 Å². The molecule has 0 saturated heterocycles. The van der Waals surface area contributed by atoms with E-state index >= 15 is 0 Å². The van der Waals surface area contributed by atoms with Crippen molar-refractivity contribution >= 4 is 5.90 Å². The predicted molar refractivity (Wildman–Crippen MR) is 37.7 cm³/mol. The zero-order valence-electron chi connectivity index (χ0n) is 6.22. The van der Waals surface area contributed by atoms with Crippen LogP contribution in [0.15, 0.2) is 4.99 Å². The Morgan fingerprint density at radius 1 is 1.80 bits per heavy atom. The van der Waals surface area contributed by atoms with E-state index in [1.165, 1.54) is 0 Å². The van der Waals surface area contributed by atoms with E-state index < -0.39 is 0 Å². The molecule has 0 aromatic heterocycles. The normalized spacial score (nSPS) is 21.1. The Hall–Kier alpha value is -1.04. The van der Waals surface area contributed by atoms with E-state index in [9.17, 15) is 0 Å². The molecule has 0 aliphatic carbocycles. The average Bonchev–Trinajstić information content (AvgIpc) is 2.12. The fourth-order valence-electron chi connectivity index (χ4n) is 0.820. The SMILES string of the molecule is CC1(C)COC(CC#N)=N1. The minimum Gasteiger partial charge on any atom is -0.478 e. The molecule has 0 aromatic carbocycles. The van der Waals surface area contributed by atoms with Crippen LogP contribution in [0.2, 0.25) is 0 Å². The highest BCUT2D eigenvalue weighted by Gasteiger charge is 2.25. The largest absolute Gasteiger partial charge is 0.478 e. The van der Waals surface area contributed by atoms with Gasteiger partial charge in [0.2, 0.25) is 0 Å². The van der Waals surface area contributed by atoms with E-state index in [1.807, 2.05) is 19.9 Å². The minimum atomic E-state index is -0.119. The monoisotopic (exact) mass is 138 g/mol. The van der Waals surface area contributed by atoms with Crippen LogP contribution in [-0.4, -0.2) is 18.0 Å². The van der Waals surface area contributed by atoms with Crippen LogP contribution in [0.1, 0.15) is 20.3 Å². The van der Waals surface area contributed by atoms with Gasteiger partial charge in [-0.05, 0) is 13.8 Å². The summed E-state index contributed by atoms with van der Waals surface area (Å²) < 4.78 is 5.14. The maximum Gasteiger partial charge on any atom is 0.198 e. The molecule has 3 heteroatoms. The van der Waals surface area contributed by atoms with E-state index in [-0.39, 0.29) is 5.54 Å². The van der Waals surface area contributed by atoms with Gasteiger partial charge in [-0.2, -0.15) is 5.26 Å². The first-order valence-electron chi connectivity index (χ1n) is 3.22. The van der Waals surface area contributed by atoms with Gasteiger partial charge in [-0.3, -0.25) is 0 Å². The molecule has 0 aromatic rings. The highest BCUT2D eigenvalue weighted by atomic mass is 16.5. The van der Waals surface area contributed by atoms with E-state index in [2.05, 4.69) is 4.99 Å². The number of hydrogen-bond donors (Lipinski definition) is 0. The lowest BCUT2D eigenvalue weighted by atomic mass is 10.1. The van der Waals surface area contributed by atoms with Crippen molar-refractivity contribution in [2.24, 2.45) is 4.99 Å². The lowest BCUT2D eigenvalue weighted by molar-refractivity contribution is 0.276. The van der Waals surface area contributed by atoms with Crippen molar-refractivity contribution in [2.45, 2.75) is 25.8 Å². The first-order valence-corrected chi connectivity index (χ1v) is 3.22. The van der Waals surface area contributed by atoms with Crippen LogP contribution < -0.4 is 0 Å². The Balaban J connectivity index is 2.59. The number of nitrogens with zero attached hydrogens (tertiary/aromatic N) is 2. The van der Waals surface area contributed by atoms with Gasteiger partial charge in [0.05, 0.1) is 11.6 Å². The topological polar surface area (TPSA) is 45.4 Å². The van der Waals surface area contributed by atoms with Crippen LogP contribution >= 0.6 is 0 Å². The summed E-state index contributed by atoms with van der Waals surface area (Å²) in [5.74, 6) is 0.576. The molecule has 1 heterocycles. The van der Waals surface area contributed by atoms with Crippen LogP contribution in [0.4, 0.5) is 0 Å². The highest BCUT2D eigenvalue weighted by molar-refractivity contribution is 5.80. The zero-order valence-corrected chi connectivity index (χ0v) is 6.22. The van der Waals surface area contributed by atoms with Crippen molar-refractivity contribution in [1.29, 1.82) is 5.26 Å². The molecular weight excluding hydrogens is 128 g/mol. The summed E-state index contributed by atoms with van der Waals surface area (Å²) in [5.41, 5.74) is -0.119. The second-order valence-corrected chi connectivity index (χ2v) is 2.94. The Morgan fingerprint density at radius 2 is 2.50 bits per heavy atom. The first-order chi connectivity index (χ1) is 4.64. The molecule has 0 spiro atoms. The van der Waals surface area contributed by atoms with Gasteiger partial charge in [0, 0.05) is 0 Å². The number of nitriles is 1. The summed E-state index contributed by atoms with van der Waals surface area (Å²) in [4.78, 5) is 4.18. The lowest BCUT2D eigenvalue weighted by Gasteiger charge is -2.07. The van der Waals surface area contributed by atoms with Crippen molar-refractivity contribution in [1.82, 2.24) is 0 Å². The molecule has 10 heavy (non-hydrogen) atoms. The lowest BCUT2D eigenvalue weighted by Crippen LogP contribution is -2.17. The maximum atomic E-state index is 8.29. The quantitative estimate of drug-likeness (QED) is 0.544. The van der Waals surface area contributed by atoms with Gasteiger partial charge < -0.3 is 4.74 Å². The van der Waals surface area contributed by atoms with Crippen molar-refractivity contribution in [3.05, 3.63) is 0 Å². The molecule has 0 bridgehead atoms. The van der Waals surface area contributed by atoms with Crippen molar-refractivity contribution in [3.63, 3.8) is 0 Å². The molecule has 3 nitrogen and oxygen atoms in total. The van der Waals surface area contributed by atoms with Crippen molar-refractivity contribution in [3.8, 4) is 6.07 Å². The second kappa shape index (κ2) is 2.30. The summed E-state index contributed by atoms with van der Waals surface area (Å²) in [5, 5.41) is 8.29. The fourth-order valence-corrected chi connectivity index (χ4v) is 0.820. The average molecular weight is 138 g/mol. The van der Waals surface area contributed by atoms with Crippen molar-refractivity contribution in [2.75, 3.05) is 6.61 Å². The van der Waals surface area contributed by atoms with Gasteiger partial charge in [0.1, 0.15) is 13.0 Å². The molecule has 0 unspecified atom stereocenters. The van der Waals surface area contributed by atoms with E-state index in [0.717, 1.165) is 0 Å². The van der Waals surface area contributed by atoms with Gasteiger partial charge in [-0.15, -0.1) is 0 Å². The van der Waals surface area contributed by atoms with Gasteiger partial charge in [0.25, 0.3) is 0 Å². The van der Waals surface area contributed by atoms with Crippen LogP contribution in [-0.2, 0) is 4.74 Å². The molecule has 1 aliphatic rings. The fraction of sp³-hybridized carbons (Fsp3) is 0.714. The molecule has 1 rings (SSSR count). The third-order valence-corrected chi connectivity index (χ3v) is 1.25. The van der Waals surface area contributed by atoms with Gasteiger partial charge in [-0.1, -0.05) is 0 Å². The first kappa shape index (κ1) is 7.07. The van der Waals surface area contributed by atoms with Gasteiger partial charge >= 0.3 is 0 Å². The number of rotatable bonds is 1. The second-order valence-electron chi connectivity index (χ2n) is 2.94. The summed E-state index contributed by atoms with van der Waals surface area (Å²) in [6, 6.07) is 1.99. The number of ether oxygens (including phenoxy) is 1. The summed E-state index contributed by atoms with van der Waals surface area (Å²) in [6.07, 6.45) is 0.295. The van der Waals surface area contributed by atoms with Gasteiger partial charge in [-0.25, -0.2) is 4.99 Å². The van der Waals surface area contributed by atoms with Crippen LogP contribution in [0.3, 0.4) is 0 Å². The summed E-state index contributed by atoms with van der Waals surface area (Å²) in [7, 11) is 0. The van der Waals surface area contributed by atoms with Crippen molar-refractivity contribution < 1.29 is 4.74 Å². The molecule has 0 radical (unpaired) electrons. The van der Waals surface area contributed by atoms with Crippen LogP contribution in [0.25, 0.3) is 0 Å². The van der Waals surface area contributed by atoms with Crippen LogP contribution in [0, 0.1) is 11.3 Å². The molecule has 1 aliphatic heterocycles. The molecule has 0 N–H and O–H groups in total. The number of hydrogen-bond acceptors (Lipinski definition) is 3. The maximum absolute atomic E-state index is 8.29. The standard InChI is InChI=1S/C7H10N2O/c1-7(2)5-10-6(9-7)3-4-8/h3,5H2,1-2H3. The molecule has 54 valence electrons. The molecule has 0 saturated carbocycles. The zero-order chi connectivity index (χ0) is 7.61. The minimum absolute atomic E-state index is 0.119. The molecule has 0 amide bonds. The van der Waals surface area contributed by atoms with E-state index in [0.29, 0.717) is 18.9 Å². The Kier molecular flexibility index (Phi) is 1.62. The van der Waals surface area contributed by atoms with Crippen LogP contribution in [0.5, 0.6) is 0 Å². The predicted octanol–water partition coefficient (Wildman–Crippen LogP) is 1.11.